The normalized spacial score (nSPS) is 10.7. The third-order valence-electron chi connectivity index (χ3n) is 1.75. The Bertz CT molecular complexity index is 509. The first kappa shape index (κ1) is 12.8. The maximum atomic E-state index is 10.4. The van der Waals surface area contributed by atoms with Gasteiger partial charge in [0.15, 0.2) is 11.4 Å². The van der Waals surface area contributed by atoms with Crippen LogP contribution in [0.2, 0.25) is 0 Å². The van der Waals surface area contributed by atoms with Crippen LogP contribution in [-0.4, -0.2) is 21.5 Å². The van der Waals surface area contributed by atoms with Crippen LogP contribution in [0.1, 0.15) is 0 Å². The van der Waals surface area contributed by atoms with Crippen LogP contribution in [0.4, 0.5) is 11.4 Å². The second-order valence-electron chi connectivity index (χ2n) is 2.79. The average molecular weight is 252 g/mol. The number of phenolic OH excluding ortho intramolecular Hbond substituents is 1. The van der Waals surface area contributed by atoms with Gasteiger partial charge in [0.25, 0.3) is 5.69 Å². The van der Waals surface area contributed by atoms with Gasteiger partial charge in [-0.25, -0.2) is 4.99 Å². The van der Waals surface area contributed by atoms with E-state index < -0.39 is 4.92 Å². The Kier molecular flexibility index (Phi) is 4.30. The molecule has 2 N–H and O–H groups in total. The van der Waals surface area contributed by atoms with Crippen LogP contribution in [0.15, 0.2) is 23.2 Å². The lowest BCUT2D eigenvalue weighted by atomic mass is 10.2. The molecule has 0 bridgehead atoms. The van der Waals surface area contributed by atoms with Gasteiger partial charge in [0.2, 0.25) is 0 Å². The summed E-state index contributed by atoms with van der Waals surface area (Å²) in [5.74, 6) is -0.314. The van der Waals surface area contributed by atoms with Crippen LogP contribution in [0, 0.1) is 21.6 Å². The highest BCUT2D eigenvalue weighted by Crippen LogP contribution is 2.30. The van der Waals surface area contributed by atoms with Crippen molar-refractivity contribution in [1.82, 2.24) is 5.32 Å². The quantitative estimate of drug-likeness (QED) is 0.207. The highest BCUT2D eigenvalue weighted by molar-refractivity contribution is 8.13. The Labute approximate surface area is 101 Å². The molecule has 0 aromatic heterocycles. The molecule has 17 heavy (non-hydrogen) atoms. The lowest BCUT2D eigenvalue weighted by Crippen LogP contribution is -2.12. The van der Waals surface area contributed by atoms with Crippen molar-refractivity contribution in [3.05, 3.63) is 28.3 Å². The zero-order valence-electron chi connectivity index (χ0n) is 8.75. The van der Waals surface area contributed by atoms with Crippen molar-refractivity contribution in [2.24, 2.45) is 4.99 Å². The lowest BCUT2D eigenvalue weighted by Gasteiger charge is -2.01. The molecule has 0 aliphatic rings. The molecule has 0 amide bonds. The fourth-order valence-corrected chi connectivity index (χ4v) is 1.34. The third kappa shape index (κ3) is 3.35. The van der Waals surface area contributed by atoms with E-state index in [9.17, 15) is 15.2 Å². The molecule has 0 heterocycles. The number of nitriles is 1. The lowest BCUT2D eigenvalue weighted by molar-refractivity contribution is -0.384. The van der Waals surface area contributed by atoms with E-state index in [1.165, 1.54) is 23.9 Å². The molecule has 0 unspecified atom stereocenters. The van der Waals surface area contributed by atoms with Crippen molar-refractivity contribution < 1.29 is 10.0 Å². The van der Waals surface area contributed by atoms with E-state index in [0.717, 1.165) is 6.07 Å². The first-order chi connectivity index (χ1) is 8.08. The minimum Gasteiger partial charge on any atom is -0.505 e. The summed E-state index contributed by atoms with van der Waals surface area (Å²) >= 11 is 1.18. The number of aromatic hydroxyl groups is 1. The van der Waals surface area contributed by atoms with Gasteiger partial charge in [-0.15, -0.1) is 0 Å². The molecule has 88 valence electrons. The average Bonchev–Trinajstić information content (AvgIpc) is 2.30. The van der Waals surface area contributed by atoms with Crippen LogP contribution in [0.3, 0.4) is 0 Å². The van der Waals surface area contributed by atoms with Crippen LogP contribution in [0.25, 0.3) is 0 Å². The number of rotatable bonds is 2. The van der Waals surface area contributed by atoms with Gasteiger partial charge < -0.3 is 5.11 Å². The van der Waals surface area contributed by atoms with E-state index in [4.69, 9.17) is 5.26 Å². The van der Waals surface area contributed by atoms with E-state index in [1.54, 1.807) is 12.4 Å². The molecule has 7 nitrogen and oxygen atoms in total. The van der Waals surface area contributed by atoms with Gasteiger partial charge in [-0.05, 0) is 12.3 Å². The monoisotopic (exact) mass is 252 g/mol. The standard InChI is InChI=1S/C9H8N4O3S/c1-17-9(11-5-10)12-7-3-2-6(13(15)16)4-8(7)14/h2-4,14H,1H3,(H,11,12). The third-order valence-corrected chi connectivity index (χ3v) is 2.33. The molecular formula is C9H8N4O3S. The predicted molar refractivity (Wildman–Crippen MR) is 64.1 cm³/mol. The van der Waals surface area contributed by atoms with Crippen molar-refractivity contribution in [3.63, 3.8) is 0 Å². The Morgan fingerprint density at radius 2 is 2.41 bits per heavy atom. The van der Waals surface area contributed by atoms with Gasteiger partial charge in [0.1, 0.15) is 11.4 Å². The zero-order valence-corrected chi connectivity index (χ0v) is 9.56. The molecule has 0 fully saturated rings. The molecule has 0 aliphatic carbocycles. The Morgan fingerprint density at radius 1 is 1.71 bits per heavy atom. The summed E-state index contributed by atoms with van der Waals surface area (Å²) in [6, 6.07) is 3.54. The molecular weight excluding hydrogens is 244 g/mol. The number of non-ortho nitro benzene ring substituents is 1. The Hall–Kier alpha value is -2.27. The van der Waals surface area contributed by atoms with Gasteiger partial charge in [-0.3, -0.25) is 15.4 Å². The minimum atomic E-state index is -0.615. The summed E-state index contributed by atoms with van der Waals surface area (Å²) in [5, 5.41) is 31.0. The molecule has 0 aliphatic heterocycles. The maximum absolute atomic E-state index is 10.4. The molecule has 0 atom stereocenters. The summed E-state index contributed by atoms with van der Waals surface area (Å²) in [4.78, 5) is 13.8. The van der Waals surface area contributed by atoms with Crippen LogP contribution in [0.5, 0.6) is 5.75 Å². The number of nitro benzene ring substituents is 1. The molecule has 8 heteroatoms. The minimum absolute atomic E-state index is 0.155. The number of thioether (sulfide) groups is 1. The van der Waals surface area contributed by atoms with Crippen molar-refractivity contribution in [2.45, 2.75) is 0 Å². The van der Waals surface area contributed by atoms with Crippen LogP contribution in [-0.2, 0) is 0 Å². The number of phenols is 1. The zero-order chi connectivity index (χ0) is 12.8. The highest BCUT2D eigenvalue weighted by atomic mass is 32.2. The molecule has 0 spiro atoms. The van der Waals surface area contributed by atoms with Gasteiger partial charge >= 0.3 is 0 Å². The number of nitrogens with zero attached hydrogens (tertiary/aromatic N) is 3. The number of hydrogen-bond donors (Lipinski definition) is 2. The van der Waals surface area contributed by atoms with Gasteiger partial charge in [-0.1, -0.05) is 11.8 Å². The molecule has 0 saturated carbocycles. The smallest absolute Gasteiger partial charge is 0.273 e. The largest absolute Gasteiger partial charge is 0.505 e. The first-order valence-corrected chi connectivity index (χ1v) is 5.56. The second-order valence-corrected chi connectivity index (χ2v) is 3.58. The fourth-order valence-electron chi connectivity index (χ4n) is 1.00. The topological polar surface area (TPSA) is 112 Å². The number of nitrogens with one attached hydrogen (secondary N) is 1. The van der Waals surface area contributed by atoms with E-state index in [-0.39, 0.29) is 22.3 Å². The number of nitro groups is 1. The molecule has 1 rings (SSSR count). The van der Waals surface area contributed by atoms with E-state index in [0.29, 0.717) is 0 Å². The molecule has 0 radical (unpaired) electrons. The van der Waals surface area contributed by atoms with Gasteiger partial charge in [0, 0.05) is 6.07 Å². The predicted octanol–water partition coefficient (Wildman–Crippen LogP) is 1.72. The van der Waals surface area contributed by atoms with Gasteiger partial charge in [-0.2, -0.15) is 5.26 Å². The van der Waals surface area contributed by atoms with E-state index >= 15 is 0 Å². The summed E-state index contributed by atoms with van der Waals surface area (Å²) in [6.45, 7) is 0. The summed E-state index contributed by atoms with van der Waals surface area (Å²) in [5.41, 5.74) is -0.0666. The first-order valence-electron chi connectivity index (χ1n) is 4.33. The van der Waals surface area contributed by atoms with Gasteiger partial charge in [0.05, 0.1) is 11.0 Å². The molecule has 0 saturated heterocycles. The van der Waals surface area contributed by atoms with Crippen molar-refractivity contribution in [3.8, 4) is 11.9 Å². The van der Waals surface area contributed by atoms with E-state index in [1.807, 2.05) is 0 Å². The van der Waals surface area contributed by atoms with Crippen molar-refractivity contribution in [1.29, 1.82) is 5.26 Å². The van der Waals surface area contributed by atoms with Crippen LogP contribution < -0.4 is 5.32 Å². The number of amidine groups is 1. The summed E-state index contributed by atoms with van der Waals surface area (Å²) in [6.07, 6.45) is 3.40. The summed E-state index contributed by atoms with van der Waals surface area (Å²) < 4.78 is 0. The number of hydrogen-bond acceptors (Lipinski definition) is 6. The summed E-state index contributed by atoms with van der Waals surface area (Å²) in [7, 11) is 0. The second kappa shape index (κ2) is 5.72. The Balaban J connectivity index is 3.08. The van der Waals surface area contributed by atoms with Crippen molar-refractivity contribution >= 4 is 28.3 Å². The number of aliphatic imine (C=N–C) groups is 1. The van der Waals surface area contributed by atoms with Crippen molar-refractivity contribution in [2.75, 3.05) is 6.26 Å². The van der Waals surface area contributed by atoms with Crippen LogP contribution >= 0.6 is 11.8 Å². The highest BCUT2D eigenvalue weighted by Gasteiger charge is 2.10. The maximum Gasteiger partial charge on any atom is 0.273 e. The number of benzene rings is 1. The SMILES string of the molecule is CSC(=Nc1ccc([N+](=O)[O-])cc1O)NC#N. The molecule has 1 aromatic rings. The fraction of sp³-hybridized carbons (Fsp3) is 0.111. The van der Waals surface area contributed by atoms with E-state index in [2.05, 4.69) is 10.3 Å². The Morgan fingerprint density at radius 3 is 2.88 bits per heavy atom. The molecule has 1 aromatic carbocycles.